The molecular formula is C16H25N3O2. The monoisotopic (exact) mass is 291 g/mol. The van der Waals surface area contributed by atoms with E-state index in [0.717, 1.165) is 19.4 Å². The van der Waals surface area contributed by atoms with Gasteiger partial charge in [0.05, 0.1) is 0 Å². The van der Waals surface area contributed by atoms with Crippen molar-refractivity contribution in [1.29, 1.82) is 0 Å². The molecule has 0 spiro atoms. The molecule has 1 heterocycles. The zero-order chi connectivity index (χ0) is 15.5. The Bertz CT molecular complexity index is 491. The lowest BCUT2D eigenvalue weighted by Gasteiger charge is -2.36. The van der Waals surface area contributed by atoms with E-state index in [1.807, 2.05) is 39.2 Å². The minimum absolute atomic E-state index is 0.218. The molecule has 1 saturated carbocycles. The molecule has 0 bridgehead atoms. The number of nitrogens with zero attached hydrogens (tertiary/aromatic N) is 1. The highest BCUT2D eigenvalue weighted by molar-refractivity contribution is 5.68. The summed E-state index contributed by atoms with van der Waals surface area (Å²) in [6, 6.07) is 2.71. The highest BCUT2D eigenvalue weighted by Gasteiger charge is 2.31. The van der Waals surface area contributed by atoms with E-state index in [1.54, 1.807) is 0 Å². The first-order valence-electron chi connectivity index (χ1n) is 7.46. The summed E-state index contributed by atoms with van der Waals surface area (Å²) in [5.41, 5.74) is 2.03. The maximum Gasteiger partial charge on any atom is 0.407 e. The number of aromatic nitrogens is 1. The van der Waals surface area contributed by atoms with Crippen LogP contribution in [0.3, 0.4) is 0 Å². The molecule has 1 aromatic heterocycles. The molecule has 1 aromatic rings. The number of pyridine rings is 1. The molecule has 0 saturated heterocycles. The first kappa shape index (κ1) is 15.8. The van der Waals surface area contributed by atoms with Crippen LogP contribution in [0.25, 0.3) is 0 Å². The first-order valence-corrected chi connectivity index (χ1v) is 7.46. The van der Waals surface area contributed by atoms with E-state index in [-0.39, 0.29) is 12.1 Å². The molecule has 1 fully saturated rings. The van der Waals surface area contributed by atoms with Crippen molar-refractivity contribution < 1.29 is 9.53 Å². The molecule has 0 radical (unpaired) electrons. The molecule has 1 aliphatic rings. The Morgan fingerprint density at radius 1 is 1.38 bits per heavy atom. The number of carbonyl (C=O) groups is 1. The van der Waals surface area contributed by atoms with Crippen molar-refractivity contribution in [3.05, 3.63) is 29.6 Å². The van der Waals surface area contributed by atoms with E-state index >= 15 is 0 Å². The maximum atomic E-state index is 11.6. The van der Waals surface area contributed by atoms with Gasteiger partial charge in [0.2, 0.25) is 0 Å². The fourth-order valence-electron chi connectivity index (χ4n) is 2.33. The Hall–Kier alpha value is -1.62. The Balaban J connectivity index is 1.66. The van der Waals surface area contributed by atoms with Crippen LogP contribution in [0, 0.1) is 6.92 Å². The fraction of sp³-hybridized carbons (Fsp3) is 0.625. The van der Waals surface area contributed by atoms with Gasteiger partial charge in [-0.15, -0.1) is 0 Å². The third-order valence-corrected chi connectivity index (χ3v) is 3.58. The van der Waals surface area contributed by atoms with Crippen LogP contribution in [-0.4, -0.2) is 28.8 Å². The smallest absolute Gasteiger partial charge is 0.407 e. The van der Waals surface area contributed by atoms with Gasteiger partial charge in [-0.05, 0) is 57.7 Å². The van der Waals surface area contributed by atoms with Crippen LogP contribution in [0.2, 0.25) is 0 Å². The van der Waals surface area contributed by atoms with Crippen LogP contribution in [0.4, 0.5) is 4.79 Å². The third kappa shape index (κ3) is 5.01. The molecule has 1 amide bonds. The molecule has 2 rings (SSSR count). The third-order valence-electron chi connectivity index (χ3n) is 3.58. The largest absolute Gasteiger partial charge is 0.444 e. The Labute approximate surface area is 126 Å². The average Bonchev–Trinajstić information content (AvgIpc) is 2.31. The van der Waals surface area contributed by atoms with Gasteiger partial charge in [-0.3, -0.25) is 4.98 Å². The average molecular weight is 291 g/mol. The van der Waals surface area contributed by atoms with Gasteiger partial charge in [0.1, 0.15) is 5.60 Å². The van der Waals surface area contributed by atoms with E-state index in [2.05, 4.69) is 22.5 Å². The van der Waals surface area contributed by atoms with Crippen molar-refractivity contribution in [3.8, 4) is 0 Å². The quantitative estimate of drug-likeness (QED) is 0.895. The molecular weight excluding hydrogens is 266 g/mol. The zero-order valence-corrected chi connectivity index (χ0v) is 13.3. The number of nitrogens with one attached hydrogen (secondary N) is 2. The molecule has 5 heteroatoms. The second-order valence-corrected chi connectivity index (χ2v) is 6.69. The summed E-state index contributed by atoms with van der Waals surface area (Å²) in [5.74, 6) is 0. The Morgan fingerprint density at radius 3 is 2.71 bits per heavy atom. The lowest BCUT2D eigenvalue weighted by molar-refractivity contribution is 0.0465. The highest BCUT2D eigenvalue weighted by Crippen LogP contribution is 2.21. The van der Waals surface area contributed by atoms with E-state index in [4.69, 9.17) is 4.74 Å². The number of amides is 1. The topological polar surface area (TPSA) is 63.2 Å². The van der Waals surface area contributed by atoms with Gasteiger partial charge in [-0.1, -0.05) is 0 Å². The van der Waals surface area contributed by atoms with Gasteiger partial charge >= 0.3 is 6.09 Å². The van der Waals surface area contributed by atoms with Crippen LogP contribution in [0.5, 0.6) is 0 Å². The molecule has 0 aliphatic heterocycles. The Kier molecular flexibility index (Phi) is 4.83. The van der Waals surface area contributed by atoms with Crippen LogP contribution in [0.15, 0.2) is 18.5 Å². The molecule has 1 aliphatic carbocycles. The number of hydrogen-bond donors (Lipinski definition) is 2. The summed E-state index contributed by atoms with van der Waals surface area (Å²) < 4.78 is 5.25. The molecule has 0 aromatic carbocycles. The maximum absolute atomic E-state index is 11.6. The summed E-state index contributed by atoms with van der Waals surface area (Å²) in [5, 5.41) is 6.41. The van der Waals surface area contributed by atoms with Crippen molar-refractivity contribution >= 4 is 6.09 Å². The lowest BCUT2D eigenvalue weighted by atomic mass is 9.86. The SMILES string of the molecule is Cc1cnccc1CNC1CC(NC(=O)OC(C)(C)C)C1. The number of carbonyl (C=O) groups excluding carboxylic acids is 1. The standard InChI is InChI=1S/C16H25N3O2/c1-11-9-17-6-5-12(11)10-18-13-7-14(8-13)19-15(20)21-16(2,3)4/h5-6,9,13-14,18H,7-8,10H2,1-4H3,(H,19,20). The number of alkyl carbamates (subject to hydrolysis) is 1. The van der Waals surface area contributed by atoms with Crippen molar-refractivity contribution in [3.63, 3.8) is 0 Å². The number of ether oxygens (including phenoxy) is 1. The van der Waals surface area contributed by atoms with Gasteiger partial charge in [0.25, 0.3) is 0 Å². The summed E-state index contributed by atoms with van der Waals surface area (Å²) in [6.45, 7) is 8.52. The predicted molar refractivity (Wildman–Crippen MR) is 82.0 cm³/mol. The number of aryl methyl sites for hydroxylation is 1. The van der Waals surface area contributed by atoms with Crippen molar-refractivity contribution in [2.75, 3.05) is 0 Å². The Morgan fingerprint density at radius 2 is 2.10 bits per heavy atom. The highest BCUT2D eigenvalue weighted by atomic mass is 16.6. The van der Waals surface area contributed by atoms with Gasteiger partial charge in [0.15, 0.2) is 0 Å². The molecule has 116 valence electrons. The van der Waals surface area contributed by atoms with Crippen molar-refractivity contribution in [1.82, 2.24) is 15.6 Å². The predicted octanol–water partition coefficient (Wildman–Crippen LogP) is 2.54. The fourth-order valence-corrected chi connectivity index (χ4v) is 2.33. The van der Waals surface area contributed by atoms with Gasteiger partial charge in [-0.2, -0.15) is 0 Å². The summed E-state index contributed by atoms with van der Waals surface area (Å²) >= 11 is 0. The summed E-state index contributed by atoms with van der Waals surface area (Å²) in [4.78, 5) is 15.7. The first-order chi connectivity index (χ1) is 9.83. The van der Waals surface area contributed by atoms with Gasteiger partial charge < -0.3 is 15.4 Å². The van der Waals surface area contributed by atoms with E-state index in [1.165, 1.54) is 11.1 Å². The number of hydrogen-bond acceptors (Lipinski definition) is 4. The van der Waals surface area contributed by atoms with Crippen LogP contribution < -0.4 is 10.6 Å². The molecule has 21 heavy (non-hydrogen) atoms. The molecule has 5 nitrogen and oxygen atoms in total. The molecule has 0 unspecified atom stereocenters. The van der Waals surface area contributed by atoms with Crippen molar-refractivity contribution in [2.24, 2.45) is 0 Å². The zero-order valence-electron chi connectivity index (χ0n) is 13.3. The lowest BCUT2D eigenvalue weighted by Crippen LogP contribution is -2.53. The van der Waals surface area contributed by atoms with Crippen LogP contribution in [0.1, 0.15) is 44.7 Å². The van der Waals surface area contributed by atoms with E-state index in [0.29, 0.717) is 6.04 Å². The van der Waals surface area contributed by atoms with E-state index < -0.39 is 5.60 Å². The normalized spacial score (nSPS) is 21.5. The molecule has 0 atom stereocenters. The van der Waals surface area contributed by atoms with Crippen LogP contribution in [-0.2, 0) is 11.3 Å². The van der Waals surface area contributed by atoms with Gasteiger partial charge in [0, 0.05) is 31.0 Å². The van der Waals surface area contributed by atoms with E-state index in [9.17, 15) is 4.79 Å². The number of rotatable bonds is 4. The van der Waals surface area contributed by atoms with Gasteiger partial charge in [-0.25, -0.2) is 4.79 Å². The molecule has 2 N–H and O–H groups in total. The van der Waals surface area contributed by atoms with Crippen LogP contribution >= 0.6 is 0 Å². The minimum Gasteiger partial charge on any atom is -0.444 e. The minimum atomic E-state index is -0.440. The summed E-state index contributed by atoms with van der Waals surface area (Å²) in [7, 11) is 0. The van der Waals surface area contributed by atoms with Crippen molar-refractivity contribution in [2.45, 2.75) is 64.8 Å². The second kappa shape index (κ2) is 6.43. The second-order valence-electron chi connectivity index (χ2n) is 6.69. The summed E-state index contributed by atoms with van der Waals surface area (Å²) in [6.07, 6.45) is 5.27.